The maximum Gasteiger partial charge on any atom is 0.472 e. The summed E-state index contributed by atoms with van der Waals surface area (Å²) in [5, 5.41) is 36.1. The Hall–Kier alpha value is -2.96. The fourth-order valence-corrected chi connectivity index (χ4v) is 6.75. The number of aliphatic hydroxyl groups is 2. The first-order chi connectivity index (χ1) is 25.7. The van der Waals surface area contributed by atoms with Crippen molar-refractivity contribution in [2.24, 2.45) is 0 Å². The minimum absolute atomic E-state index is 0.0780. The number of nitriles is 1. The zero-order valence-corrected chi connectivity index (χ0v) is 32.3. The molecule has 0 amide bonds. The van der Waals surface area contributed by atoms with Crippen LogP contribution in [0.3, 0.4) is 0 Å². The number of rotatable bonds is 30. The van der Waals surface area contributed by atoms with Crippen molar-refractivity contribution in [2.75, 3.05) is 39.3 Å². The zero-order chi connectivity index (χ0) is 38.4. The highest BCUT2D eigenvalue weighted by Gasteiger charge is 2.46. The maximum atomic E-state index is 13.0. The number of nitrogens with zero attached hydrogens (tertiary/aromatic N) is 4. The molecular formula is C38H60N5O9P. The number of aliphatic hydroxyl groups excluding tert-OH is 2. The van der Waals surface area contributed by atoms with Crippen molar-refractivity contribution < 1.29 is 42.9 Å². The Morgan fingerprint density at radius 3 is 2.13 bits per heavy atom. The van der Waals surface area contributed by atoms with E-state index in [0.29, 0.717) is 12.1 Å². The molecule has 0 aliphatic carbocycles. The topological polar surface area (TPSA) is 204 Å². The van der Waals surface area contributed by atoms with Crippen LogP contribution in [0.15, 0.2) is 48.8 Å². The molecule has 15 heteroatoms. The van der Waals surface area contributed by atoms with E-state index in [0.717, 1.165) is 31.9 Å². The van der Waals surface area contributed by atoms with Gasteiger partial charge in [0.25, 0.3) is 0 Å². The van der Waals surface area contributed by atoms with Crippen LogP contribution in [0, 0.1) is 11.3 Å². The molecule has 3 aromatic rings. The summed E-state index contributed by atoms with van der Waals surface area (Å²) in [7, 11) is -3.72. The molecule has 2 aromatic heterocycles. The standard InChI is InChI=1S/C38H60N5O9P/c1-3-4-5-6-7-8-9-10-11-12-13-14-15-19-24-49-26-32(50-25-31-20-17-16-18-21-31)27-51-53(46,47)52-29-38(28-39,48-2)36(45)35(44)33-22-23-34-37(40)41-30-42-43(33)34/h16-18,20-23,30,32,35-36,44-45H,3-15,19,24-27,29H2,1-2H3,(H,46,47)(H2,40,41,42)/t32-,35-,36-,38+/m0/s1. The molecule has 5 atom stereocenters. The van der Waals surface area contributed by atoms with Crippen molar-refractivity contribution in [1.82, 2.24) is 14.6 Å². The van der Waals surface area contributed by atoms with Crippen LogP contribution >= 0.6 is 7.82 Å². The number of ether oxygens (including phenoxy) is 3. The molecule has 3 rings (SSSR count). The van der Waals surface area contributed by atoms with Crippen LogP contribution in [0.25, 0.3) is 5.52 Å². The van der Waals surface area contributed by atoms with Crippen molar-refractivity contribution in [3.05, 3.63) is 60.0 Å². The molecule has 2 heterocycles. The summed E-state index contributed by atoms with van der Waals surface area (Å²) in [5.74, 6) is 0.138. The van der Waals surface area contributed by atoms with Crippen LogP contribution in [0.5, 0.6) is 0 Å². The van der Waals surface area contributed by atoms with E-state index in [2.05, 4.69) is 17.0 Å². The Labute approximate surface area is 314 Å². The van der Waals surface area contributed by atoms with Crippen LogP contribution in [-0.4, -0.2) is 81.1 Å². The smallest absolute Gasteiger partial charge is 0.386 e. The lowest BCUT2D eigenvalue weighted by Gasteiger charge is -2.33. The Balaban J connectivity index is 1.43. The van der Waals surface area contributed by atoms with E-state index >= 15 is 0 Å². The summed E-state index contributed by atoms with van der Waals surface area (Å²) in [4.78, 5) is 14.4. The van der Waals surface area contributed by atoms with Gasteiger partial charge < -0.3 is 35.1 Å². The highest BCUT2D eigenvalue weighted by molar-refractivity contribution is 7.47. The fraction of sp³-hybridized carbons (Fsp3) is 0.658. The van der Waals surface area contributed by atoms with Crippen molar-refractivity contribution in [3.63, 3.8) is 0 Å². The summed E-state index contributed by atoms with van der Waals surface area (Å²) < 4.78 is 41.8. The molecule has 1 unspecified atom stereocenters. The lowest BCUT2D eigenvalue weighted by molar-refractivity contribution is -0.134. The molecule has 1 aromatic carbocycles. The molecule has 0 radical (unpaired) electrons. The number of aromatic nitrogens is 3. The van der Waals surface area contributed by atoms with Crippen LogP contribution in [0.1, 0.15) is 114 Å². The van der Waals surface area contributed by atoms with Gasteiger partial charge in [-0.15, -0.1) is 0 Å². The first-order valence-electron chi connectivity index (χ1n) is 18.9. The minimum atomic E-state index is -4.82. The van der Waals surface area contributed by atoms with E-state index in [1.807, 2.05) is 30.3 Å². The highest BCUT2D eigenvalue weighted by atomic mass is 31.2. The summed E-state index contributed by atoms with van der Waals surface area (Å²) in [6.45, 7) is 1.84. The van der Waals surface area contributed by atoms with E-state index in [1.165, 1.54) is 93.6 Å². The third-order valence-electron chi connectivity index (χ3n) is 9.28. The minimum Gasteiger partial charge on any atom is -0.386 e. The number of hydrogen-bond donors (Lipinski definition) is 4. The number of phosphoric acid groups is 1. The maximum absolute atomic E-state index is 13.0. The van der Waals surface area contributed by atoms with Gasteiger partial charge in [-0.3, -0.25) is 9.05 Å². The predicted molar refractivity (Wildman–Crippen MR) is 202 cm³/mol. The van der Waals surface area contributed by atoms with Gasteiger partial charge in [-0.05, 0) is 24.1 Å². The molecule has 14 nitrogen and oxygen atoms in total. The van der Waals surface area contributed by atoms with Gasteiger partial charge in [0, 0.05) is 13.7 Å². The SMILES string of the molecule is CCCCCCCCCCCCCCCCOC[C@@H](COP(=O)(O)OC[C@@](C#N)(OC)[C@@H](O)[C@@H](O)c1ccc2c(N)ncnn12)OCc1ccccc1. The summed E-state index contributed by atoms with van der Waals surface area (Å²) in [5.41, 5.74) is 4.94. The van der Waals surface area contributed by atoms with Gasteiger partial charge >= 0.3 is 7.82 Å². The van der Waals surface area contributed by atoms with Crippen LogP contribution in [-0.2, 0) is 34.4 Å². The normalized spacial score (nSPS) is 15.8. The van der Waals surface area contributed by atoms with Gasteiger partial charge in [0.1, 0.15) is 42.8 Å². The molecule has 0 bridgehead atoms. The van der Waals surface area contributed by atoms with Gasteiger partial charge in [-0.2, -0.15) is 10.4 Å². The molecule has 5 N–H and O–H groups in total. The summed E-state index contributed by atoms with van der Waals surface area (Å²) >= 11 is 0. The number of anilines is 1. The number of nitrogen functional groups attached to an aromatic ring is 1. The van der Waals surface area contributed by atoms with Crippen molar-refractivity contribution in [3.8, 4) is 6.07 Å². The zero-order valence-electron chi connectivity index (χ0n) is 31.4. The number of methoxy groups -OCH3 is 1. The predicted octanol–water partition coefficient (Wildman–Crippen LogP) is 6.83. The Morgan fingerprint density at radius 1 is 0.906 bits per heavy atom. The second kappa shape index (κ2) is 24.4. The third kappa shape index (κ3) is 15.4. The Bertz CT molecular complexity index is 1520. The van der Waals surface area contributed by atoms with Gasteiger partial charge in [-0.1, -0.05) is 121 Å². The van der Waals surface area contributed by atoms with E-state index < -0.39 is 38.3 Å². The van der Waals surface area contributed by atoms with Gasteiger partial charge in [0.15, 0.2) is 5.82 Å². The molecule has 296 valence electrons. The first kappa shape index (κ1) is 44.4. The average molecular weight is 762 g/mol. The summed E-state index contributed by atoms with van der Waals surface area (Å²) in [6.07, 6.45) is 14.5. The largest absolute Gasteiger partial charge is 0.472 e. The fourth-order valence-electron chi connectivity index (χ4n) is 5.96. The average Bonchev–Trinajstić information content (AvgIpc) is 3.61. The number of benzene rings is 1. The monoisotopic (exact) mass is 761 g/mol. The van der Waals surface area contributed by atoms with E-state index in [9.17, 15) is 24.9 Å². The number of fused-ring (bicyclic) bond motifs is 1. The second-order valence-electron chi connectivity index (χ2n) is 13.4. The molecule has 0 spiro atoms. The lowest BCUT2D eigenvalue weighted by atomic mass is 9.93. The van der Waals surface area contributed by atoms with Crippen LogP contribution in [0.2, 0.25) is 0 Å². The van der Waals surface area contributed by atoms with Crippen molar-refractivity contribution in [2.45, 2.75) is 127 Å². The van der Waals surface area contributed by atoms with E-state index in [-0.39, 0.29) is 31.3 Å². The van der Waals surface area contributed by atoms with Crippen molar-refractivity contribution in [1.29, 1.82) is 5.26 Å². The molecule has 53 heavy (non-hydrogen) atoms. The van der Waals surface area contributed by atoms with Crippen LogP contribution in [0.4, 0.5) is 5.82 Å². The van der Waals surface area contributed by atoms with Gasteiger partial charge in [-0.25, -0.2) is 14.1 Å². The molecule has 0 aliphatic heterocycles. The molecule has 0 fully saturated rings. The van der Waals surface area contributed by atoms with E-state index in [1.54, 1.807) is 6.07 Å². The van der Waals surface area contributed by atoms with Crippen LogP contribution < -0.4 is 5.73 Å². The Kier molecular flexibility index (Phi) is 20.5. The Morgan fingerprint density at radius 2 is 1.53 bits per heavy atom. The quantitative estimate of drug-likeness (QED) is 0.0407. The molecule has 0 saturated heterocycles. The lowest BCUT2D eigenvalue weighted by Crippen LogP contribution is -2.50. The second-order valence-corrected chi connectivity index (χ2v) is 14.9. The number of hydrogen-bond acceptors (Lipinski definition) is 12. The number of phosphoric ester groups is 1. The number of unbranched alkanes of at least 4 members (excludes halogenated alkanes) is 13. The molecular weight excluding hydrogens is 701 g/mol. The summed E-state index contributed by atoms with van der Waals surface area (Å²) in [6, 6.07) is 14.2. The third-order valence-corrected chi connectivity index (χ3v) is 10.2. The van der Waals surface area contributed by atoms with E-state index in [4.69, 9.17) is 29.0 Å². The molecule has 0 aliphatic rings. The number of nitrogens with two attached hydrogens (primary N) is 1. The van der Waals surface area contributed by atoms with Gasteiger partial charge in [0.2, 0.25) is 5.60 Å². The van der Waals surface area contributed by atoms with Gasteiger partial charge in [0.05, 0.1) is 25.5 Å². The molecule has 0 saturated carbocycles. The van der Waals surface area contributed by atoms with Crippen molar-refractivity contribution >= 4 is 19.2 Å². The first-order valence-corrected chi connectivity index (χ1v) is 20.4. The highest BCUT2D eigenvalue weighted by Crippen LogP contribution is 2.45.